The molecular formula is C21H26N4O3S. The normalized spacial score (nSPS) is 16.5. The van der Waals surface area contributed by atoms with Crippen LogP contribution in [0, 0.1) is 20.8 Å². The zero-order chi connectivity index (χ0) is 20.8. The van der Waals surface area contributed by atoms with Gasteiger partial charge in [0.1, 0.15) is 0 Å². The fourth-order valence-electron chi connectivity index (χ4n) is 4.13. The third-order valence-electron chi connectivity index (χ3n) is 5.68. The number of hydrogen-bond donors (Lipinski definition) is 2. The monoisotopic (exact) mass is 414 g/mol. The number of nitrogens with zero attached hydrogens (tertiary/aromatic N) is 2. The van der Waals surface area contributed by atoms with Crippen LogP contribution in [0.25, 0.3) is 11.0 Å². The SMILES string of the molecule is Cc1cc(C)c(CN2CCN(S(=O)(=O)c3ccc4[nH]c(=O)[nH]c4c3)CC2)c(C)c1. The number of aromatic amines is 2. The van der Waals surface area contributed by atoms with Gasteiger partial charge in [0.25, 0.3) is 0 Å². The highest BCUT2D eigenvalue weighted by molar-refractivity contribution is 7.89. The van der Waals surface area contributed by atoms with E-state index in [4.69, 9.17) is 0 Å². The van der Waals surface area contributed by atoms with Crippen LogP contribution in [0.5, 0.6) is 0 Å². The quantitative estimate of drug-likeness (QED) is 0.686. The second-order valence-corrected chi connectivity index (χ2v) is 9.78. The molecule has 0 aliphatic carbocycles. The Hall–Kier alpha value is -2.42. The van der Waals surface area contributed by atoms with Crippen LogP contribution in [0.3, 0.4) is 0 Å². The summed E-state index contributed by atoms with van der Waals surface area (Å²) in [6.45, 7) is 9.50. The Balaban J connectivity index is 1.47. The van der Waals surface area contributed by atoms with Crippen molar-refractivity contribution < 1.29 is 8.42 Å². The van der Waals surface area contributed by atoms with E-state index in [9.17, 15) is 13.2 Å². The zero-order valence-corrected chi connectivity index (χ0v) is 17.8. The van der Waals surface area contributed by atoms with E-state index in [0.29, 0.717) is 37.2 Å². The van der Waals surface area contributed by atoms with Crippen molar-refractivity contribution in [3.8, 4) is 0 Å². The summed E-state index contributed by atoms with van der Waals surface area (Å²) in [6, 6.07) is 9.09. The van der Waals surface area contributed by atoms with Crippen molar-refractivity contribution in [3.63, 3.8) is 0 Å². The van der Waals surface area contributed by atoms with E-state index in [0.717, 1.165) is 6.54 Å². The smallest absolute Gasteiger partial charge is 0.306 e. The lowest BCUT2D eigenvalue weighted by Crippen LogP contribution is -2.48. The number of imidazole rings is 1. The minimum Gasteiger partial charge on any atom is -0.306 e. The fraction of sp³-hybridized carbons (Fsp3) is 0.381. The maximum Gasteiger partial charge on any atom is 0.323 e. The second-order valence-electron chi connectivity index (χ2n) is 7.84. The molecule has 1 saturated heterocycles. The van der Waals surface area contributed by atoms with Gasteiger partial charge < -0.3 is 9.97 Å². The summed E-state index contributed by atoms with van der Waals surface area (Å²) in [5, 5.41) is 0. The number of benzene rings is 2. The Kier molecular flexibility index (Phi) is 5.10. The number of aryl methyl sites for hydroxylation is 3. The lowest BCUT2D eigenvalue weighted by molar-refractivity contribution is 0.181. The molecule has 1 aromatic heterocycles. The highest BCUT2D eigenvalue weighted by Gasteiger charge is 2.29. The summed E-state index contributed by atoms with van der Waals surface area (Å²) in [5.41, 5.74) is 5.92. The van der Waals surface area contributed by atoms with Crippen molar-refractivity contribution >= 4 is 21.1 Å². The van der Waals surface area contributed by atoms with Gasteiger partial charge in [-0.3, -0.25) is 4.90 Å². The van der Waals surface area contributed by atoms with E-state index in [2.05, 4.69) is 47.8 Å². The molecule has 0 spiro atoms. The molecule has 154 valence electrons. The molecule has 29 heavy (non-hydrogen) atoms. The molecule has 7 nitrogen and oxygen atoms in total. The Morgan fingerprint density at radius 1 is 0.897 bits per heavy atom. The van der Waals surface area contributed by atoms with Gasteiger partial charge in [0.2, 0.25) is 10.0 Å². The van der Waals surface area contributed by atoms with Crippen molar-refractivity contribution in [1.82, 2.24) is 19.2 Å². The molecule has 3 aromatic rings. The Labute approximate surface area is 170 Å². The van der Waals surface area contributed by atoms with Gasteiger partial charge in [-0.15, -0.1) is 0 Å². The Bertz CT molecular complexity index is 1200. The van der Waals surface area contributed by atoms with Crippen LogP contribution in [-0.4, -0.2) is 53.8 Å². The number of nitrogens with one attached hydrogen (secondary N) is 2. The molecule has 2 N–H and O–H groups in total. The topological polar surface area (TPSA) is 89.3 Å². The summed E-state index contributed by atoms with van der Waals surface area (Å²) in [5.74, 6) is 0. The van der Waals surface area contributed by atoms with Crippen LogP contribution in [0.4, 0.5) is 0 Å². The highest BCUT2D eigenvalue weighted by Crippen LogP contribution is 2.23. The Morgan fingerprint density at radius 3 is 2.17 bits per heavy atom. The summed E-state index contributed by atoms with van der Waals surface area (Å²) in [7, 11) is -3.59. The van der Waals surface area contributed by atoms with E-state index in [-0.39, 0.29) is 10.6 Å². The third kappa shape index (κ3) is 3.88. The minimum atomic E-state index is -3.59. The first-order chi connectivity index (χ1) is 13.7. The molecule has 0 bridgehead atoms. The molecule has 0 atom stereocenters. The molecular weight excluding hydrogens is 388 g/mol. The molecule has 4 rings (SSSR count). The molecule has 8 heteroatoms. The predicted molar refractivity (Wildman–Crippen MR) is 114 cm³/mol. The van der Waals surface area contributed by atoms with E-state index >= 15 is 0 Å². The summed E-state index contributed by atoms with van der Waals surface area (Å²) >= 11 is 0. The van der Waals surface area contributed by atoms with E-state index in [1.165, 1.54) is 32.6 Å². The van der Waals surface area contributed by atoms with Crippen LogP contribution in [0.1, 0.15) is 22.3 Å². The number of aromatic nitrogens is 2. The van der Waals surface area contributed by atoms with Crippen molar-refractivity contribution in [2.75, 3.05) is 26.2 Å². The molecule has 1 aliphatic rings. The average Bonchev–Trinajstić information content (AvgIpc) is 3.04. The van der Waals surface area contributed by atoms with Crippen LogP contribution in [0.15, 0.2) is 40.0 Å². The first-order valence-electron chi connectivity index (χ1n) is 9.75. The van der Waals surface area contributed by atoms with Crippen molar-refractivity contribution in [2.24, 2.45) is 0 Å². The van der Waals surface area contributed by atoms with Crippen molar-refractivity contribution in [1.29, 1.82) is 0 Å². The van der Waals surface area contributed by atoms with Gasteiger partial charge in [0.15, 0.2) is 0 Å². The van der Waals surface area contributed by atoms with Gasteiger partial charge in [-0.1, -0.05) is 17.7 Å². The molecule has 1 aliphatic heterocycles. The van der Waals surface area contributed by atoms with Crippen LogP contribution >= 0.6 is 0 Å². The van der Waals surface area contributed by atoms with Gasteiger partial charge in [0.05, 0.1) is 15.9 Å². The number of piperazine rings is 1. The number of fused-ring (bicyclic) bond motifs is 1. The van der Waals surface area contributed by atoms with E-state index < -0.39 is 10.0 Å². The number of rotatable bonds is 4. The molecule has 0 amide bonds. The minimum absolute atomic E-state index is 0.207. The molecule has 0 radical (unpaired) electrons. The molecule has 2 aromatic carbocycles. The maximum atomic E-state index is 13.1. The highest BCUT2D eigenvalue weighted by atomic mass is 32.2. The second kappa shape index (κ2) is 7.44. The van der Waals surface area contributed by atoms with Gasteiger partial charge in [-0.2, -0.15) is 4.31 Å². The third-order valence-corrected chi connectivity index (χ3v) is 7.57. The lowest BCUT2D eigenvalue weighted by atomic mass is 9.99. The first kappa shape index (κ1) is 19.9. The van der Waals surface area contributed by atoms with Crippen molar-refractivity contribution in [2.45, 2.75) is 32.2 Å². The average molecular weight is 415 g/mol. The predicted octanol–water partition coefficient (Wildman–Crippen LogP) is 2.29. The molecule has 0 unspecified atom stereocenters. The lowest BCUT2D eigenvalue weighted by Gasteiger charge is -2.34. The van der Waals surface area contributed by atoms with Gasteiger partial charge in [-0.05, 0) is 55.7 Å². The molecule has 2 heterocycles. The number of H-pyrrole nitrogens is 2. The zero-order valence-electron chi connectivity index (χ0n) is 16.9. The fourth-order valence-corrected chi connectivity index (χ4v) is 5.58. The van der Waals surface area contributed by atoms with Crippen LogP contribution in [0.2, 0.25) is 0 Å². The molecule has 0 saturated carbocycles. The summed E-state index contributed by atoms with van der Waals surface area (Å²) in [4.78, 5) is 19.2. The summed E-state index contributed by atoms with van der Waals surface area (Å²) in [6.07, 6.45) is 0. The molecule has 1 fully saturated rings. The Morgan fingerprint density at radius 2 is 1.52 bits per heavy atom. The van der Waals surface area contributed by atoms with Gasteiger partial charge in [0, 0.05) is 32.7 Å². The van der Waals surface area contributed by atoms with E-state index in [1.807, 2.05) is 0 Å². The number of sulfonamides is 1. The van der Waals surface area contributed by atoms with Crippen molar-refractivity contribution in [3.05, 3.63) is 63.1 Å². The maximum absolute atomic E-state index is 13.1. The van der Waals surface area contributed by atoms with Gasteiger partial charge in [-0.25, -0.2) is 13.2 Å². The van der Waals surface area contributed by atoms with Crippen LogP contribution < -0.4 is 5.69 Å². The van der Waals surface area contributed by atoms with Gasteiger partial charge >= 0.3 is 5.69 Å². The number of hydrogen-bond acceptors (Lipinski definition) is 4. The van der Waals surface area contributed by atoms with Crippen LogP contribution in [-0.2, 0) is 16.6 Å². The largest absolute Gasteiger partial charge is 0.323 e. The summed E-state index contributed by atoms with van der Waals surface area (Å²) < 4.78 is 27.6. The van der Waals surface area contributed by atoms with E-state index in [1.54, 1.807) is 12.1 Å². The standard InChI is InChI=1S/C21H26N4O3S/c1-14-10-15(2)18(16(3)11-14)13-24-6-8-25(9-7-24)29(27,28)17-4-5-19-20(12-17)23-21(26)22-19/h4-5,10-12H,6-9,13H2,1-3H3,(H2,22,23,26). The first-order valence-corrected chi connectivity index (χ1v) is 11.2.